The van der Waals surface area contributed by atoms with Crippen molar-refractivity contribution in [2.24, 2.45) is 0 Å². The maximum atomic E-state index is 5.68. The number of hydrogen-bond acceptors (Lipinski definition) is 5. The van der Waals surface area contributed by atoms with Gasteiger partial charge in [0.05, 0.1) is 39.0 Å². The summed E-state index contributed by atoms with van der Waals surface area (Å²) in [5, 5.41) is 0. The van der Waals surface area contributed by atoms with E-state index in [2.05, 4.69) is 0 Å². The first-order valence-corrected chi connectivity index (χ1v) is 6.15. The summed E-state index contributed by atoms with van der Waals surface area (Å²) in [7, 11) is 5.97. The Hall–Kier alpha value is -0.135. The molecular formula is C11H23BNO4. The van der Waals surface area contributed by atoms with Crippen LogP contribution < -0.4 is 0 Å². The molecule has 99 valence electrons. The Balaban J connectivity index is 2.25. The summed E-state index contributed by atoms with van der Waals surface area (Å²) < 4.78 is 22.0. The van der Waals surface area contributed by atoms with Crippen molar-refractivity contribution < 1.29 is 18.9 Å². The third-order valence-electron chi connectivity index (χ3n) is 2.26. The van der Waals surface area contributed by atoms with Gasteiger partial charge in [0.2, 0.25) is 7.41 Å². The van der Waals surface area contributed by atoms with Crippen LogP contribution in [0, 0.1) is 0 Å². The summed E-state index contributed by atoms with van der Waals surface area (Å²) in [6.07, 6.45) is 0.911. The number of rotatable bonds is 2. The largest absolute Gasteiger partial charge is 0.381 e. The van der Waals surface area contributed by atoms with Crippen LogP contribution in [0.2, 0.25) is 0 Å². The van der Waals surface area contributed by atoms with E-state index < -0.39 is 0 Å². The van der Waals surface area contributed by atoms with Crippen LogP contribution in [0.5, 0.6) is 0 Å². The zero-order valence-corrected chi connectivity index (χ0v) is 10.9. The molecule has 1 fully saturated rings. The van der Waals surface area contributed by atoms with Crippen molar-refractivity contribution >= 4 is 7.41 Å². The lowest BCUT2D eigenvalue weighted by Gasteiger charge is -2.20. The lowest BCUT2D eigenvalue weighted by atomic mass is 9.84. The molecule has 0 aliphatic carbocycles. The average molecular weight is 244 g/mol. The van der Waals surface area contributed by atoms with E-state index in [1.165, 1.54) is 0 Å². The second-order valence-corrected chi connectivity index (χ2v) is 4.18. The van der Waals surface area contributed by atoms with Gasteiger partial charge in [-0.1, -0.05) is 0 Å². The van der Waals surface area contributed by atoms with E-state index in [-0.39, 0.29) is 6.00 Å². The van der Waals surface area contributed by atoms with Gasteiger partial charge in [-0.3, -0.25) is 0 Å². The third kappa shape index (κ3) is 8.57. The summed E-state index contributed by atoms with van der Waals surface area (Å²) in [6.45, 7) is 4.48. The van der Waals surface area contributed by atoms with E-state index in [9.17, 15) is 0 Å². The Labute approximate surface area is 105 Å². The van der Waals surface area contributed by atoms with Crippen LogP contribution >= 0.6 is 0 Å². The zero-order valence-electron chi connectivity index (χ0n) is 10.9. The van der Waals surface area contributed by atoms with E-state index in [0.29, 0.717) is 39.6 Å². The summed E-state index contributed by atoms with van der Waals surface area (Å²) in [5.41, 5.74) is 0. The van der Waals surface area contributed by atoms with Crippen molar-refractivity contribution in [1.29, 1.82) is 0 Å². The molecule has 1 saturated heterocycles. The SMILES string of the molecule is CN(C)[B]C1COCCCOCCOCCO1. The molecule has 1 radical (unpaired) electrons. The lowest BCUT2D eigenvalue weighted by molar-refractivity contribution is -0.00746. The molecule has 0 bridgehead atoms. The number of nitrogens with zero attached hydrogens (tertiary/aromatic N) is 1. The molecule has 1 rings (SSSR count). The molecule has 1 unspecified atom stereocenters. The van der Waals surface area contributed by atoms with Crippen molar-refractivity contribution in [2.45, 2.75) is 12.4 Å². The van der Waals surface area contributed by atoms with Crippen LogP contribution in [0.15, 0.2) is 0 Å². The summed E-state index contributed by atoms with van der Waals surface area (Å²) >= 11 is 0. The van der Waals surface area contributed by atoms with Crippen LogP contribution in [0.3, 0.4) is 0 Å². The molecular weight excluding hydrogens is 221 g/mol. The molecule has 0 aromatic carbocycles. The lowest BCUT2D eigenvalue weighted by Crippen LogP contribution is -2.36. The minimum absolute atomic E-state index is 0.00438. The highest BCUT2D eigenvalue weighted by atomic mass is 16.6. The maximum Gasteiger partial charge on any atom is 0.247 e. The summed E-state index contributed by atoms with van der Waals surface area (Å²) in [5.74, 6) is 0. The monoisotopic (exact) mass is 244 g/mol. The van der Waals surface area contributed by atoms with E-state index in [1.807, 2.05) is 26.3 Å². The molecule has 6 heteroatoms. The summed E-state index contributed by atoms with van der Waals surface area (Å²) in [4.78, 5) is 1.98. The zero-order chi connectivity index (χ0) is 12.3. The molecule has 0 saturated carbocycles. The Morgan fingerprint density at radius 3 is 2.29 bits per heavy atom. The van der Waals surface area contributed by atoms with E-state index >= 15 is 0 Å². The minimum Gasteiger partial charge on any atom is -0.381 e. The Kier molecular flexibility index (Phi) is 8.65. The van der Waals surface area contributed by atoms with Crippen molar-refractivity contribution in [3.8, 4) is 0 Å². The fraction of sp³-hybridized carbons (Fsp3) is 1.00. The van der Waals surface area contributed by atoms with Crippen molar-refractivity contribution in [3.63, 3.8) is 0 Å². The standard InChI is InChI=1S/C11H23BNO4/c1-13(2)12-11-10-16-5-3-4-14-6-7-15-8-9-17-11/h11H,3-10H2,1-2H3. The Morgan fingerprint density at radius 2 is 1.53 bits per heavy atom. The van der Waals surface area contributed by atoms with Crippen LogP contribution in [0.4, 0.5) is 0 Å². The molecule has 1 atom stereocenters. The molecule has 1 aliphatic rings. The summed E-state index contributed by atoms with van der Waals surface area (Å²) in [6, 6.07) is -0.00438. The second kappa shape index (κ2) is 9.85. The second-order valence-electron chi connectivity index (χ2n) is 4.18. The van der Waals surface area contributed by atoms with E-state index in [0.717, 1.165) is 13.0 Å². The minimum atomic E-state index is -0.00438. The molecule has 0 amide bonds. The molecule has 0 aromatic rings. The Bertz CT molecular complexity index is 169. The van der Waals surface area contributed by atoms with Gasteiger partial charge in [0, 0.05) is 13.2 Å². The molecule has 5 nitrogen and oxygen atoms in total. The van der Waals surface area contributed by atoms with Crippen molar-refractivity contribution in [3.05, 3.63) is 0 Å². The molecule has 0 aromatic heterocycles. The molecule has 17 heavy (non-hydrogen) atoms. The van der Waals surface area contributed by atoms with Gasteiger partial charge in [-0.15, -0.1) is 0 Å². The topological polar surface area (TPSA) is 40.2 Å². The average Bonchev–Trinajstić information content (AvgIpc) is 2.30. The van der Waals surface area contributed by atoms with Crippen molar-refractivity contribution in [2.75, 3.05) is 60.3 Å². The molecule has 1 aliphatic heterocycles. The van der Waals surface area contributed by atoms with Gasteiger partial charge in [0.15, 0.2) is 0 Å². The predicted molar refractivity (Wildman–Crippen MR) is 66.3 cm³/mol. The first-order chi connectivity index (χ1) is 8.29. The van der Waals surface area contributed by atoms with E-state index in [4.69, 9.17) is 18.9 Å². The van der Waals surface area contributed by atoms with Crippen LogP contribution in [0.25, 0.3) is 0 Å². The van der Waals surface area contributed by atoms with Gasteiger partial charge in [0.1, 0.15) is 0 Å². The van der Waals surface area contributed by atoms with Crippen molar-refractivity contribution in [1.82, 2.24) is 4.81 Å². The molecule has 0 N–H and O–H groups in total. The molecule has 0 spiro atoms. The van der Waals surface area contributed by atoms with Gasteiger partial charge in [-0.05, 0) is 20.5 Å². The van der Waals surface area contributed by atoms with Gasteiger partial charge in [-0.2, -0.15) is 0 Å². The highest BCUT2D eigenvalue weighted by molar-refractivity contribution is 6.33. The van der Waals surface area contributed by atoms with Crippen LogP contribution in [-0.2, 0) is 18.9 Å². The van der Waals surface area contributed by atoms with Crippen LogP contribution in [0.1, 0.15) is 6.42 Å². The van der Waals surface area contributed by atoms with Gasteiger partial charge in [0.25, 0.3) is 0 Å². The fourth-order valence-electron chi connectivity index (χ4n) is 1.51. The first-order valence-electron chi connectivity index (χ1n) is 6.15. The quantitative estimate of drug-likeness (QED) is 0.637. The normalized spacial score (nSPS) is 25.7. The number of hydrogen-bond donors (Lipinski definition) is 0. The molecule has 1 heterocycles. The highest BCUT2D eigenvalue weighted by Gasteiger charge is 2.13. The Morgan fingerprint density at radius 1 is 0.882 bits per heavy atom. The smallest absolute Gasteiger partial charge is 0.247 e. The van der Waals surface area contributed by atoms with Gasteiger partial charge < -0.3 is 23.8 Å². The van der Waals surface area contributed by atoms with E-state index in [1.54, 1.807) is 0 Å². The predicted octanol–water partition coefficient (Wildman–Crippen LogP) is -0.0366. The highest BCUT2D eigenvalue weighted by Crippen LogP contribution is 1.97. The first kappa shape index (κ1) is 14.9. The fourth-order valence-corrected chi connectivity index (χ4v) is 1.51. The van der Waals surface area contributed by atoms with Gasteiger partial charge >= 0.3 is 0 Å². The third-order valence-corrected chi connectivity index (χ3v) is 2.26. The maximum absolute atomic E-state index is 5.68. The van der Waals surface area contributed by atoms with Crippen LogP contribution in [-0.4, -0.2) is 78.6 Å². The number of ether oxygens (including phenoxy) is 4. The van der Waals surface area contributed by atoms with Gasteiger partial charge in [-0.25, -0.2) is 0 Å².